The Morgan fingerprint density at radius 2 is 1.80 bits per heavy atom. The number of carbonyl (C=O) groups excluding carboxylic acids is 2. The molecule has 0 aromatic heterocycles. The van der Waals surface area contributed by atoms with Gasteiger partial charge in [0.25, 0.3) is 5.91 Å². The first-order valence-corrected chi connectivity index (χ1v) is 11.1. The van der Waals surface area contributed by atoms with Gasteiger partial charge in [-0.2, -0.15) is 0 Å². The van der Waals surface area contributed by atoms with E-state index in [0.29, 0.717) is 18.2 Å². The molecule has 0 spiro atoms. The fourth-order valence-corrected chi connectivity index (χ4v) is 4.63. The molecule has 4 rings (SSSR count). The number of piperidine rings is 1. The summed E-state index contributed by atoms with van der Waals surface area (Å²) in [6, 6.07) is 14.6. The number of anilines is 1. The van der Waals surface area contributed by atoms with Crippen molar-refractivity contribution in [2.75, 3.05) is 31.1 Å². The van der Waals surface area contributed by atoms with E-state index >= 15 is 0 Å². The maximum atomic E-state index is 12.5. The second kappa shape index (κ2) is 9.00. The van der Waals surface area contributed by atoms with Crippen LogP contribution in [0.5, 0.6) is 0 Å². The Bertz CT molecular complexity index is 922. The van der Waals surface area contributed by atoms with Gasteiger partial charge in [-0.15, -0.1) is 0 Å². The largest absolute Gasteiger partial charge is 0.351 e. The van der Waals surface area contributed by atoms with E-state index in [4.69, 9.17) is 0 Å². The van der Waals surface area contributed by atoms with E-state index in [1.54, 1.807) is 6.92 Å². The van der Waals surface area contributed by atoms with Crippen molar-refractivity contribution in [1.82, 2.24) is 10.2 Å². The number of carbonyl (C=O) groups is 2. The number of amides is 2. The Balaban J connectivity index is 1.36. The summed E-state index contributed by atoms with van der Waals surface area (Å²) in [4.78, 5) is 28.5. The van der Waals surface area contributed by atoms with Gasteiger partial charge in [-0.1, -0.05) is 24.6 Å². The number of hydrogen-bond donors (Lipinski definition) is 1. The topological polar surface area (TPSA) is 52.7 Å². The normalized spacial score (nSPS) is 18.9. The quantitative estimate of drug-likeness (QED) is 0.822. The lowest BCUT2D eigenvalue weighted by atomic mass is 10.0. The molecule has 2 aromatic rings. The Hall–Kier alpha value is -2.66. The van der Waals surface area contributed by atoms with Crippen molar-refractivity contribution in [2.45, 2.75) is 45.6 Å². The van der Waals surface area contributed by atoms with Crippen molar-refractivity contribution in [1.29, 1.82) is 0 Å². The number of nitrogens with one attached hydrogen (secondary N) is 1. The first-order valence-electron chi connectivity index (χ1n) is 11.1. The highest BCUT2D eigenvalue weighted by Crippen LogP contribution is 2.32. The zero-order chi connectivity index (χ0) is 21.1. The maximum absolute atomic E-state index is 12.5. The van der Waals surface area contributed by atoms with Gasteiger partial charge in [0, 0.05) is 43.9 Å². The summed E-state index contributed by atoms with van der Waals surface area (Å²) in [7, 11) is 0. The zero-order valence-corrected chi connectivity index (χ0v) is 18.0. The summed E-state index contributed by atoms with van der Waals surface area (Å²) < 4.78 is 0. The number of hydrogen-bond acceptors (Lipinski definition) is 3. The van der Waals surface area contributed by atoms with Gasteiger partial charge in [0.1, 0.15) is 0 Å². The second-order valence-electron chi connectivity index (χ2n) is 8.48. The van der Waals surface area contributed by atoms with Crippen molar-refractivity contribution in [3.63, 3.8) is 0 Å². The predicted molar refractivity (Wildman–Crippen MR) is 121 cm³/mol. The minimum Gasteiger partial charge on any atom is -0.351 e. The van der Waals surface area contributed by atoms with Crippen LogP contribution in [0.25, 0.3) is 11.1 Å². The number of likely N-dealkylation sites (tertiary alicyclic amines) is 1. The molecule has 1 N–H and O–H groups in total. The molecule has 1 saturated heterocycles. The van der Waals surface area contributed by atoms with E-state index in [0.717, 1.165) is 42.9 Å². The maximum Gasteiger partial charge on any atom is 0.251 e. The summed E-state index contributed by atoms with van der Waals surface area (Å²) in [5, 5.41) is 3.06. The highest BCUT2D eigenvalue weighted by molar-refractivity contribution is 5.95. The minimum absolute atomic E-state index is 0.0164. The summed E-state index contributed by atoms with van der Waals surface area (Å²) in [6.07, 6.45) is 4.72. The standard InChI is InChI=1S/C25H31N3O2/c1-18-5-3-4-14-27(18)16-13-26-25(30)21-8-6-20(7-9-21)22-10-11-24-23(17-22)12-15-28(24)19(2)29/h6-11,17-18H,3-5,12-16H2,1-2H3,(H,26,30)/t18-/m0/s1. The molecular weight excluding hydrogens is 374 g/mol. The van der Waals surface area contributed by atoms with Crippen LogP contribution in [0.15, 0.2) is 42.5 Å². The van der Waals surface area contributed by atoms with Crippen LogP contribution in [0.1, 0.15) is 49.0 Å². The molecule has 2 aromatic carbocycles. The molecular formula is C25H31N3O2. The molecule has 1 atom stereocenters. The van der Waals surface area contributed by atoms with E-state index in [1.165, 1.54) is 24.8 Å². The number of benzene rings is 2. The summed E-state index contributed by atoms with van der Waals surface area (Å²) in [5.41, 5.74) is 5.11. The van der Waals surface area contributed by atoms with Crippen LogP contribution >= 0.6 is 0 Å². The molecule has 2 aliphatic heterocycles. The van der Waals surface area contributed by atoms with Crippen LogP contribution in [0.4, 0.5) is 5.69 Å². The van der Waals surface area contributed by atoms with Crippen LogP contribution < -0.4 is 10.2 Å². The van der Waals surface area contributed by atoms with Crippen LogP contribution in [0.3, 0.4) is 0 Å². The van der Waals surface area contributed by atoms with Gasteiger partial charge < -0.3 is 10.2 Å². The molecule has 5 heteroatoms. The molecule has 2 amide bonds. The van der Waals surface area contributed by atoms with Crippen molar-refractivity contribution >= 4 is 17.5 Å². The number of fused-ring (bicyclic) bond motifs is 1. The first kappa shape index (κ1) is 20.6. The van der Waals surface area contributed by atoms with Crippen LogP contribution in [-0.2, 0) is 11.2 Å². The first-order chi connectivity index (χ1) is 14.5. The van der Waals surface area contributed by atoms with E-state index in [1.807, 2.05) is 35.2 Å². The average molecular weight is 406 g/mol. The number of rotatable bonds is 5. The fourth-order valence-electron chi connectivity index (χ4n) is 4.63. The molecule has 158 valence electrons. The van der Waals surface area contributed by atoms with Crippen molar-refractivity contribution < 1.29 is 9.59 Å². The Morgan fingerprint density at radius 3 is 2.53 bits per heavy atom. The average Bonchev–Trinajstić information content (AvgIpc) is 3.19. The third kappa shape index (κ3) is 4.41. The molecule has 30 heavy (non-hydrogen) atoms. The van der Waals surface area contributed by atoms with Crippen molar-refractivity contribution in [2.24, 2.45) is 0 Å². The van der Waals surface area contributed by atoms with Crippen LogP contribution in [0.2, 0.25) is 0 Å². The highest BCUT2D eigenvalue weighted by atomic mass is 16.2. The van der Waals surface area contributed by atoms with Gasteiger partial charge >= 0.3 is 0 Å². The Labute approximate surface area is 179 Å². The smallest absolute Gasteiger partial charge is 0.251 e. The monoisotopic (exact) mass is 405 g/mol. The third-order valence-corrected chi connectivity index (χ3v) is 6.46. The van der Waals surface area contributed by atoms with Crippen LogP contribution in [0, 0.1) is 0 Å². The molecule has 1 fully saturated rings. The SMILES string of the molecule is CC(=O)N1CCc2cc(-c3ccc(C(=O)NCCN4CCCC[C@@H]4C)cc3)ccc21. The lowest BCUT2D eigenvalue weighted by molar-refractivity contribution is -0.116. The molecule has 0 aliphatic carbocycles. The van der Waals surface area contributed by atoms with Gasteiger partial charge in [-0.05, 0) is 73.7 Å². The van der Waals surface area contributed by atoms with E-state index in [9.17, 15) is 9.59 Å². The summed E-state index contributed by atoms with van der Waals surface area (Å²) >= 11 is 0. The van der Waals surface area contributed by atoms with E-state index in [-0.39, 0.29) is 11.8 Å². The summed E-state index contributed by atoms with van der Waals surface area (Å²) in [5.74, 6) is 0.0730. The zero-order valence-electron chi connectivity index (χ0n) is 18.0. The third-order valence-electron chi connectivity index (χ3n) is 6.46. The second-order valence-corrected chi connectivity index (χ2v) is 8.48. The van der Waals surface area contributed by atoms with Gasteiger partial charge in [-0.25, -0.2) is 0 Å². The fraction of sp³-hybridized carbons (Fsp3) is 0.440. The van der Waals surface area contributed by atoms with Gasteiger partial charge in [0.05, 0.1) is 0 Å². The minimum atomic E-state index is -0.0164. The van der Waals surface area contributed by atoms with Crippen molar-refractivity contribution in [3.8, 4) is 11.1 Å². The molecule has 5 nitrogen and oxygen atoms in total. The van der Waals surface area contributed by atoms with E-state index < -0.39 is 0 Å². The molecule has 2 aliphatic rings. The molecule has 0 saturated carbocycles. The van der Waals surface area contributed by atoms with Crippen molar-refractivity contribution in [3.05, 3.63) is 53.6 Å². The lowest BCUT2D eigenvalue weighted by Crippen LogP contribution is -2.42. The Kier molecular flexibility index (Phi) is 6.18. The Morgan fingerprint density at radius 1 is 1.03 bits per heavy atom. The highest BCUT2D eigenvalue weighted by Gasteiger charge is 2.22. The molecule has 2 heterocycles. The van der Waals surface area contributed by atoms with E-state index in [2.05, 4.69) is 29.3 Å². The predicted octanol–water partition coefficient (Wildman–Crippen LogP) is 3.87. The molecule has 0 radical (unpaired) electrons. The molecule has 0 unspecified atom stereocenters. The number of nitrogens with zero attached hydrogens (tertiary/aromatic N) is 2. The van der Waals surface area contributed by atoms with Gasteiger partial charge in [0.2, 0.25) is 5.91 Å². The summed E-state index contributed by atoms with van der Waals surface area (Å²) in [6.45, 7) is 7.37. The van der Waals surface area contributed by atoms with Gasteiger partial charge in [-0.3, -0.25) is 14.5 Å². The lowest BCUT2D eigenvalue weighted by Gasteiger charge is -2.33. The molecule has 0 bridgehead atoms. The van der Waals surface area contributed by atoms with Crippen LogP contribution in [-0.4, -0.2) is 48.9 Å². The van der Waals surface area contributed by atoms with Gasteiger partial charge in [0.15, 0.2) is 0 Å².